The number of hydrogen-bond acceptors (Lipinski definition) is 6. The van der Waals surface area contributed by atoms with Crippen molar-refractivity contribution in [1.29, 1.82) is 0 Å². The largest absolute Gasteiger partial charge is 0.466 e. The number of nitrogens with zero attached hydrogens (tertiary/aromatic N) is 1. The highest BCUT2D eigenvalue weighted by atomic mass is 32.2. The first-order chi connectivity index (χ1) is 12.3. The zero-order valence-electron chi connectivity index (χ0n) is 16.1. The van der Waals surface area contributed by atoms with Crippen molar-refractivity contribution in [2.45, 2.75) is 27.2 Å². The van der Waals surface area contributed by atoms with E-state index < -0.39 is 5.41 Å². The lowest BCUT2D eigenvalue weighted by atomic mass is 9.95. The lowest BCUT2D eigenvalue weighted by molar-refractivity contribution is -0.154. The molecule has 144 valence electrons. The number of ether oxygens (including phenoxy) is 1. The van der Waals surface area contributed by atoms with E-state index in [-0.39, 0.29) is 12.6 Å². The van der Waals surface area contributed by atoms with E-state index in [0.717, 1.165) is 41.9 Å². The Morgan fingerprint density at radius 1 is 1.31 bits per heavy atom. The van der Waals surface area contributed by atoms with Gasteiger partial charge in [-0.05, 0) is 59.0 Å². The number of carbonyl (C=O) groups is 1. The molecule has 0 saturated carbocycles. The van der Waals surface area contributed by atoms with E-state index in [1.807, 2.05) is 24.4 Å². The number of benzene rings is 1. The fourth-order valence-electron chi connectivity index (χ4n) is 2.45. The number of hydrogen-bond donors (Lipinski definition) is 1. The van der Waals surface area contributed by atoms with Gasteiger partial charge in [-0.15, -0.1) is 0 Å². The van der Waals surface area contributed by atoms with E-state index in [9.17, 15) is 4.79 Å². The molecule has 1 aromatic heterocycles. The van der Waals surface area contributed by atoms with Crippen LogP contribution >= 0.6 is 12.3 Å². The molecular formula is C19H28N2O4S. The van der Waals surface area contributed by atoms with Gasteiger partial charge in [-0.1, -0.05) is 6.07 Å². The minimum atomic E-state index is -0.719. The minimum absolute atomic E-state index is 0.201. The van der Waals surface area contributed by atoms with E-state index in [4.69, 9.17) is 13.1 Å². The molecule has 0 saturated heterocycles. The van der Waals surface area contributed by atoms with Crippen LogP contribution in [0.3, 0.4) is 0 Å². The zero-order chi connectivity index (χ0) is 19.2. The van der Waals surface area contributed by atoms with Crippen molar-refractivity contribution in [3.8, 4) is 5.75 Å². The summed E-state index contributed by atoms with van der Waals surface area (Å²) in [6, 6.07) is 5.88. The number of aromatic amines is 1. The molecule has 0 spiro atoms. The Balaban J connectivity index is 1.98. The molecule has 1 aromatic carbocycles. The predicted molar refractivity (Wildman–Crippen MR) is 105 cm³/mol. The molecule has 2 aromatic rings. The van der Waals surface area contributed by atoms with E-state index in [1.54, 1.807) is 20.8 Å². The van der Waals surface area contributed by atoms with Crippen LogP contribution < -0.4 is 4.18 Å². The maximum Gasteiger partial charge on any atom is 0.313 e. The van der Waals surface area contributed by atoms with Gasteiger partial charge in [0.15, 0.2) is 0 Å². The number of esters is 1. The molecule has 7 heteroatoms. The first-order valence-corrected chi connectivity index (χ1v) is 9.39. The van der Waals surface area contributed by atoms with Crippen LogP contribution in [0, 0.1) is 5.41 Å². The van der Waals surface area contributed by atoms with Crippen molar-refractivity contribution >= 4 is 29.2 Å². The number of rotatable bonds is 10. The van der Waals surface area contributed by atoms with Crippen LogP contribution in [-0.4, -0.2) is 49.7 Å². The van der Waals surface area contributed by atoms with Gasteiger partial charge in [0.05, 0.1) is 18.6 Å². The summed E-state index contributed by atoms with van der Waals surface area (Å²) in [5, 5.41) is 1.06. The molecule has 0 amide bonds. The SMILES string of the molecule is CCOC(=O)C(C)(C)COSOc1cccc2[nH]cc(CCN(C)C)c12. The van der Waals surface area contributed by atoms with Crippen LogP contribution in [0.1, 0.15) is 26.3 Å². The third kappa shape index (κ3) is 5.40. The summed E-state index contributed by atoms with van der Waals surface area (Å²) < 4.78 is 16.3. The van der Waals surface area contributed by atoms with Crippen molar-refractivity contribution in [3.05, 3.63) is 30.0 Å². The van der Waals surface area contributed by atoms with Gasteiger partial charge in [0, 0.05) is 23.6 Å². The van der Waals surface area contributed by atoms with Gasteiger partial charge < -0.3 is 18.8 Å². The molecule has 0 atom stereocenters. The molecule has 6 nitrogen and oxygen atoms in total. The molecule has 0 aliphatic rings. The van der Waals surface area contributed by atoms with Crippen LogP contribution in [0.4, 0.5) is 0 Å². The molecular weight excluding hydrogens is 352 g/mol. The average Bonchev–Trinajstić information content (AvgIpc) is 3.01. The predicted octanol–water partition coefficient (Wildman–Crippen LogP) is 3.82. The summed E-state index contributed by atoms with van der Waals surface area (Å²) in [5.41, 5.74) is 1.52. The third-order valence-corrected chi connectivity index (χ3v) is 4.46. The highest BCUT2D eigenvalue weighted by Gasteiger charge is 2.30. The van der Waals surface area contributed by atoms with Crippen molar-refractivity contribution in [2.24, 2.45) is 5.41 Å². The van der Waals surface area contributed by atoms with Crippen molar-refractivity contribution in [1.82, 2.24) is 9.88 Å². The molecule has 26 heavy (non-hydrogen) atoms. The number of nitrogens with one attached hydrogen (secondary N) is 1. The second kappa shape index (κ2) is 9.30. The smallest absolute Gasteiger partial charge is 0.313 e. The van der Waals surface area contributed by atoms with Crippen LogP contribution in [0.2, 0.25) is 0 Å². The number of fused-ring (bicyclic) bond motifs is 1. The normalized spacial score (nSPS) is 11.9. The second-order valence-corrected chi connectivity index (χ2v) is 7.60. The van der Waals surface area contributed by atoms with Gasteiger partial charge in [-0.3, -0.25) is 8.98 Å². The highest BCUT2D eigenvalue weighted by Crippen LogP contribution is 2.32. The lowest BCUT2D eigenvalue weighted by Crippen LogP contribution is -2.30. The van der Waals surface area contributed by atoms with Crippen molar-refractivity contribution in [2.75, 3.05) is 33.9 Å². The summed E-state index contributed by atoms with van der Waals surface area (Å²) >= 11 is 0.888. The van der Waals surface area contributed by atoms with Gasteiger partial charge in [-0.2, -0.15) is 0 Å². The second-order valence-electron chi connectivity index (χ2n) is 7.06. The number of carbonyl (C=O) groups excluding carboxylic acids is 1. The average molecular weight is 381 g/mol. The van der Waals surface area contributed by atoms with Gasteiger partial charge in [-0.25, -0.2) is 0 Å². The fraction of sp³-hybridized carbons (Fsp3) is 0.526. The third-order valence-electron chi connectivity index (χ3n) is 4.00. The van der Waals surface area contributed by atoms with E-state index in [0.29, 0.717) is 6.61 Å². The summed E-state index contributed by atoms with van der Waals surface area (Å²) in [6.07, 6.45) is 2.95. The standard InChI is InChI=1S/C19H28N2O4S/c1-6-23-18(22)19(2,3)13-24-26-25-16-9-7-8-15-17(16)14(12-20-15)10-11-21(4)5/h7-9,12,20H,6,10-11,13H2,1-5H3. The molecule has 2 rings (SSSR count). The molecule has 1 heterocycles. The molecule has 0 bridgehead atoms. The van der Waals surface area contributed by atoms with Crippen LogP contribution in [0.25, 0.3) is 10.9 Å². The Morgan fingerprint density at radius 2 is 2.08 bits per heavy atom. The quantitative estimate of drug-likeness (QED) is 0.384. The highest BCUT2D eigenvalue weighted by molar-refractivity contribution is 7.90. The maximum absolute atomic E-state index is 11.9. The van der Waals surface area contributed by atoms with E-state index >= 15 is 0 Å². The molecule has 0 unspecified atom stereocenters. The topological polar surface area (TPSA) is 63.8 Å². The summed E-state index contributed by atoms with van der Waals surface area (Å²) in [4.78, 5) is 17.3. The number of aromatic nitrogens is 1. The van der Waals surface area contributed by atoms with Gasteiger partial charge in [0.2, 0.25) is 12.3 Å². The molecule has 0 fully saturated rings. The Labute approximate surface area is 159 Å². The Morgan fingerprint density at radius 3 is 2.77 bits per heavy atom. The van der Waals surface area contributed by atoms with Crippen LogP contribution in [0.5, 0.6) is 5.75 Å². The van der Waals surface area contributed by atoms with Crippen LogP contribution in [-0.2, 0) is 20.1 Å². The van der Waals surface area contributed by atoms with E-state index in [1.165, 1.54) is 5.56 Å². The summed E-state index contributed by atoms with van der Waals surface area (Å²) in [7, 11) is 4.11. The molecule has 0 aliphatic heterocycles. The lowest BCUT2D eigenvalue weighted by Gasteiger charge is -2.20. The van der Waals surface area contributed by atoms with Gasteiger partial charge in [0.1, 0.15) is 5.75 Å². The van der Waals surface area contributed by atoms with Crippen LogP contribution in [0.15, 0.2) is 24.4 Å². The number of likely N-dealkylation sites (N-methyl/N-ethyl adjacent to an activating group) is 1. The first kappa shape index (κ1) is 20.6. The van der Waals surface area contributed by atoms with Gasteiger partial charge >= 0.3 is 5.97 Å². The van der Waals surface area contributed by atoms with E-state index in [2.05, 4.69) is 24.0 Å². The van der Waals surface area contributed by atoms with Crippen molar-refractivity contribution in [3.63, 3.8) is 0 Å². The zero-order valence-corrected chi connectivity index (χ0v) is 16.9. The fourth-order valence-corrected chi connectivity index (χ4v) is 3.05. The summed E-state index contributed by atoms with van der Waals surface area (Å²) in [5.74, 6) is 0.468. The monoisotopic (exact) mass is 380 g/mol. The molecule has 0 radical (unpaired) electrons. The molecule has 0 aliphatic carbocycles. The Hall–Kier alpha value is -1.70. The Bertz CT molecular complexity index is 727. The maximum atomic E-state index is 11.9. The Kier molecular flexibility index (Phi) is 7.37. The first-order valence-electron chi connectivity index (χ1n) is 8.72. The summed E-state index contributed by atoms with van der Waals surface area (Å²) in [6.45, 7) is 6.89. The van der Waals surface area contributed by atoms with Gasteiger partial charge in [0.25, 0.3) is 0 Å². The molecule has 1 N–H and O–H groups in total. The van der Waals surface area contributed by atoms with Crippen molar-refractivity contribution < 1.29 is 17.9 Å². The number of H-pyrrole nitrogens is 1. The minimum Gasteiger partial charge on any atom is -0.466 e.